The number of rotatable bonds is 2. The van der Waals surface area contributed by atoms with E-state index in [9.17, 15) is 4.79 Å². The maximum atomic E-state index is 11.3. The smallest absolute Gasteiger partial charge is 0.223 e. The van der Waals surface area contributed by atoms with Crippen LogP contribution in [0.2, 0.25) is 0 Å². The SMILES string of the molecule is Cc1nc(C)c(CC#CCN2CCCC2=O)[nH]1. The molecule has 1 aliphatic rings. The predicted octanol–water partition coefficient (Wildman–Crippen LogP) is 1.19. The average molecular weight is 231 g/mol. The van der Waals surface area contributed by atoms with Crippen molar-refractivity contribution < 1.29 is 4.79 Å². The molecule has 4 heteroatoms. The van der Waals surface area contributed by atoms with Gasteiger partial charge in [0.25, 0.3) is 0 Å². The van der Waals surface area contributed by atoms with Gasteiger partial charge in [0.2, 0.25) is 5.91 Å². The molecule has 0 saturated carbocycles. The quantitative estimate of drug-likeness (QED) is 0.777. The van der Waals surface area contributed by atoms with Crippen LogP contribution in [-0.2, 0) is 11.2 Å². The lowest BCUT2D eigenvalue weighted by Crippen LogP contribution is -2.24. The Morgan fingerprint density at radius 1 is 1.41 bits per heavy atom. The lowest BCUT2D eigenvalue weighted by atomic mass is 10.2. The Hall–Kier alpha value is -1.76. The zero-order valence-corrected chi connectivity index (χ0v) is 10.3. The minimum Gasteiger partial charge on any atom is -0.345 e. The van der Waals surface area contributed by atoms with Gasteiger partial charge in [0, 0.05) is 18.7 Å². The molecule has 1 aromatic heterocycles. The van der Waals surface area contributed by atoms with Gasteiger partial charge in [-0.25, -0.2) is 4.98 Å². The monoisotopic (exact) mass is 231 g/mol. The number of nitrogens with one attached hydrogen (secondary N) is 1. The third-order valence-corrected chi connectivity index (χ3v) is 2.94. The first-order chi connectivity index (χ1) is 8.16. The third-order valence-electron chi connectivity index (χ3n) is 2.94. The molecular weight excluding hydrogens is 214 g/mol. The molecule has 1 saturated heterocycles. The number of carbonyl (C=O) groups excluding carboxylic acids is 1. The number of nitrogens with zero attached hydrogens (tertiary/aromatic N) is 2. The molecule has 0 unspecified atom stereocenters. The van der Waals surface area contributed by atoms with Crippen molar-refractivity contribution in [1.29, 1.82) is 0 Å². The van der Waals surface area contributed by atoms with E-state index in [1.54, 1.807) is 0 Å². The Bertz CT molecular complexity index is 479. The molecule has 2 rings (SSSR count). The van der Waals surface area contributed by atoms with Crippen molar-refractivity contribution >= 4 is 5.91 Å². The number of hydrogen-bond donors (Lipinski definition) is 1. The van der Waals surface area contributed by atoms with Gasteiger partial charge in [0.05, 0.1) is 18.7 Å². The molecule has 0 bridgehead atoms. The molecule has 1 amide bonds. The van der Waals surface area contributed by atoms with Crippen LogP contribution in [0.1, 0.15) is 30.1 Å². The van der Waals surface area contributed by atoms with E-state index in [1.165, 1.54) is 0 Å². The highest BCUT2D eigenvalue weighted by atomic mass is 16.2. The summed E-state index contributed by atoms with van der Waals surface area (Å²) in [6.45, 7) is 5.33. The molecule has 0 atom stereocenters. The number of H-pyrrole nitrogens is 1. The summed E-state index contributed by atoms with van der Waals surface area (Å²) < 4.78 is 0. The van der Waals surface area contributed by atoms with Gasteiger partial charge in [0.15, 0.2) is 0 Å². The van der Waals surface area contributed by atoms with Crippen LogP contribution in [-0.4, -0.2) is 33.9 Å². The molecule has 2 heterocycles. The average Bonchev–Trinajstić information content (AvgIpc) is 2.81. The Kier molecular flexibility index (Phi) is 3.48. The summed E-state index contributed by atoms with van der Waals surface area (Å²) in [6, 6.07) is 0. The number of likely N-dealkylation sites (tertiary alicyclic amines) is 1. The number of aryl methyl sites for hydroxylation is 2. The molecule has 0 aliphatic carbocycles. The number of amides is 1. The van der Waals surface area contributed by atoms with E-state index in [2.05, 4.69) is 21.8 Å². The van der Waals surface area contributed by atoms with Crippen LogP contribution in [0.5, 0.6) is 0 Å². The van der Waals surface area contributed by atoms with Crippen molar-refractivity contribution in [2.75, 3.05) is 13.1 Å². The summed E-state index contributed by atoms with van der Waals surface area (Å²) in [7, 11) is 0. The second-order valence-electron chi connectivity index (χ2n) is 4.34. The van der Waals surface area contributed by atoms with E-state index < -0.39 is 0 Å². The van der Waals surface area contributed by atoms with Crippen LogP contribution in [0, 0.1) is 25.7 Å². The van der Waals surface area contributed by atoms with Crippen LogP contribution >= 0.6 is 0 Å². The molecular formula is C13H17N3O. The highest BCUT2D eigenvalue weighted by Crippen LogP contribution is 2.08. The first-order valence-corrected chi connectivity index (χ1v) is 5.92. The van der Waals surface area contributed by atoms with E-state index in [4.69, 9.17) is 0 Å². The number of aromatic amines is 1. The molecule has 17 heavy (non-hydrogen) atoms. The lowest BCUT2D eigenvalue weighted by molar-refractivity contribution is -0.127. The van der Waals surface area contributed by atoms with Crippen molar-refractivity contribution in [2.45, 2.75) is 33.1 Å². The molecule has 0 spiro atoms. The van der Waals surface area contributed by atoms with Crippen molar-refractivity contribution in [3.8, 4) is 11.8 Å². The van der Waals surface area contributed by atoms with Crippen LogP contribution in [0.4, 0.5) is 0 Å². The van der Waals surface area contributed by atoms with Crippen molar-refractivity contribution in [3.05, 3.63) is 17.2 Å². The van der Waals surface area contributed by atoms with Crippen LogP contribution < -0.4 is 0 Å². The van der Waals surface area contributed by atoms with E-state index in [0.717, 1.165) is 30.2 Å². The van der Waals surface area contributed by atoms with Gasteiger partial charge in [-0.3, -0.25) is 4.79 Å². The van der Waals surface area contributed by atoms with E-state index >= 15 is 0 Å². The largest absolute Gasteiger partial charge is 0.345 e. The second-order valence-corrected chi connectivity index (χ2v) is 4.34. The maximum Gasteiger partial charge on any atom is 0.223 e. The van der Waals surface area contributed by atoms with Gasteiger partial charge >= 0.3 is 0 Å². The number of aromatic nitrogens is 2. The number of carbonyl (C=O) groups is 1. The highest BCUT2D eigenvalue weighted by Gasteiger charge is 2.18. The summed E-state index contributed by atoms with van der Waals surface area (Å²) >= 11 is 0. The zero-order chi connectivity index (χ0) is 12.3. The Morgan fingerprint density at radius 2 is 2.24 bits per heavy atom. The molecule has 1 N–H and O–H groups in total. The first kappa shape index (κ1) is 11.7. The maximum absolute atomic E-state index is 11.3. The van der Waals surface area contributed by atoms with Crippen molar-refractivity contribution in [1.82, 2.24) is 14.9 Å². The van der Waals surface area contributed by atoms with Gasteiger partial charge in [-0.2, -0.15) is 0 Å². The number of imidazole rings is 1. The molecule has 1 aromatic rings. The molecule has 90 valence electrons. The minimum absolute atomic E-state index is 0.230. The fraction of sp³-hybridized carbons (Fsp3) is 0.538. The van der Waals surface area contributed by atoms with Crippen molar-refractivity contribution in [2.24, 2.45) is 0 Å². The lowest BCUT2D eigenvalue weighted by Gasteiger charge is -2.09. The molecule has 0 radical (unpaired) electrons. The normalized spacial score (nSPS) is 14.9. The molecule has 1 aliphatic heterocycles. The molecule has 4 nitrogen and oxygen atoms in total. The van der Waals surface area contributed by atoms with Gasteiger partial charge in [-0.1, -0.05) is 11.8 Å². The zero-order valence-electron chi connectivity index (χ0n) is 10.3. The van der Waals surface area contributed by atoms with Crippen LogP contribution in [0.25, 0.3) is 0 Å². The predicted molar refractivity (Wildman–Crippen MR) is 65.4 cm³/mol. The highest BCUT2D eigenvalue weighted by molar-refractivity contribution is 5.78. The summed E-state index contributed by atoms with van der Waals surface area (Å²) in [5.41, 5.74) is 2.08. The Morgan fingerprint density at radius 3 is 2.82 bits per heavy atom. The van der Waals surface area contributed by atoms with Crippen LogP contribution in [0.3, 0.4) is 0 Å². The van der Waals surface area contributed by atoms with Crippen LogP contribution in [0.15, 0.2) is 0 Å². The van der Waals surface area contributed by atoms with Gasteiger partial charge in [-0.05, 0) is 20.3 Å². The first-order valence-electron chi connectivity index (χ1n) is 5.92. The Balaban J connectivity index is 1.86. The van der Waals surface area contributed by atoms with E-state index in [-0.39, 0.29) is 5.91 Å². The number of hydrogen-bond acceptors (Lipinski definition) is 2. The summed E-state index contributed by atoms with van der Waals surface area (Å²) in [6.07, 6.45) is 2.33. The van der Waals surface area contributed by atoms with E-state index in [1.807, 2.05) is 18.7 Å². The minimum atomic E-state index is 0.230. The summed E-state index contributed by atoms with van der Waals surface area (Å²) in [4.78, 5) is 20.6. The fourth-order valence-corrected chi connectivity index (χ4v) is 2.00. The van der Waals surface area contributed by atoms with Gasteiger partial charge < -0.3 is 9.88 Å². The standard InChI is InChI=1S/C13H17N3O/c1-10-12(15-11(2)14-10)6-3-4-8-16-9-5-7-13(16)17/h5-9H2,1-2H3,(H,14,15). The summed E-state index contributed by atoms with van der Waals surface area (Å²) in [5.74, 6) is 7.29. The van der Waals surface area contributed by atoms with Gasteiger partial charge in [0.1, 0.15) is 5.82 Å². The molecule has 1 fully saturated rings. The third kappa shape index (κ3) is 2.88. The molecule has 0 aromatic carbocycles. The Labute approximate surface area is 101 Å². The fourth-order valence-electron chi connectivity index (χ4n) is 2.00. The summed E-state index contributed by atoms with van der Waals surface area (Å²) in [5, 5.41) is 0. The van der Waals surface area contributed by atoms with Crippen molar-refractivity contribution in [3.63, 3.8) is 0 Å². The topological polar surface area (TPSA) is 49.0 Å². The van der Waals surface area contributed by atoms with Gasteiger partial charge in [-0.15, -0.1) is 0 Å². The second kappa shape index (κ2) is 5.05. The van der Waals surface area contributed by atoms with E-state index in [0.29, 0.717) is 19.4 Å².